The fourth-order valence-electron chi connectivity index (χ4n) is 3.79. The van der Waals surface area contributed by atoms with E-state index in [0.29, 0.717) is 35.4 Å². The van der Waals surface area contributed by atoms with Crippen molar-refractivity contribution in [3.63, 3.8) is 0 Å². The van der Waals surface area contributed by atoms with Gasteiger partial charge in [-0.2, -0.15) is 0 Å². The Balaban J connectivity index is 2.05. The minimum absolute atomic E-state index is 0.0924. The summed E-state index contributed by atoms with van der Waals surface area (Å²) in [6.45, 7) is 7.17. The van der Waals surface area contributed by atoms with Crippen LogP contribution in [0.1, 0.15) is 57.2 Å². The average molecular weight is 456 g/mol. The van der Waals surface area contributed by atoms with Gasteiger partial charge in [0.05, 0.1) is 18.2 Å². The summed E-state index contributed by atoms with van der Waals surface area (Å²) >= 11 is 6.06. The lowest BCUT2D eigenvalue weighted by Crippen LogP contribution is -2.30. The van der Waals surface area contributed by atoms with Crippen LogP contribution in [0.15, 0.2) is 54.1 Å². The zero-order valence-electron chi connectivity index (χ0n) is 18.8. The Hall–Kier alpha value is -2.79. The summed E-state index contributed by atoms with van der Waals surface area (Å²) in [6.07, 6.45) is 2.73. The highest BCUT2D eigenvalue weighted by atomic mass is 35.5. The standard InChI is InChI=1S/C26H30ClNO4/c1-4-5-6-14-28-23(18-10-12-20(27)13-11-18)22(25(30)26(28)31)24(29)19-8-7-9-21(15-19)32-16-17(2)3/h7-13,15,17,23,29H,4-6,14,16H2,1-3H3/b24-22-. The Morgan fingerprint density at radius 2 is 1.84 bits per heavy atom. The quantitative estimate of drug-likeness (QED) is 0.218. The smallest absolute Gasteiger partial charge is 0.295 e. The number of unbranched alkanes of at least 4 members (excludes halogenated alkanes) is 2. The maximum Gasteiger partial charge on any atom is 0.295 e. The SMILES string of the molecule is CCCCCN1C(=O)C(=O)/C(=C(\O)c2cccc(OCC(C)C)c2)C1c1ccc(Cl)cc1. The number of carbonyl (C=O) groups is 2. The van der Waals surface area contributed by atoms with E-state index in [-0.39, 0.29) is 11.3 Å². The molecule has 0 spiro atoms. The van der Waals surface area contributed by atoms with Gasteiger partial charge in [-0.1, -0.05) is 69.5 Å². The van der Waals surface area contributed by atoms with Crippen LogP contribution >= 0.6 is 11.6 Å². The molecule has 1 saturated heterocycles. The topological polar surface area (TPSA) is 66.8 Å². The van der Waals surface area contributed by atoms with Crippen LogP contribution in [0.3, 0.4) is 0 Å². The first-order chi connectivity index (χ1) is 15.3. The van der Waals surface area contributed by atoms with Crippen LogP contribution in [-0.2, 0) is 9.59 Å². The third-order valence-corrected chi connectivity index (χ3v) is 5.67. The highest BCUT2D eigenvalue weighted by Gasteiger charge is 2.45. The number of ether oxygens (including phenoxy) is 1. The maximum atomic E-state index is 13.0. The molecule has 2 aromatic rings. The lowest BCUT2D eigenvalue weighted by molar-refractivity contribution is -0.139. The number of aliphatic hydroxyl groups excluding tert-OH is 1. The van der Waals surface area contributed by atoms with Gasteiger partial charge in [0, 0.05) is 17.1 Å². The molecule has 1 heterocycles. The van der Waals surface area contributed by atoms with E-state index >= 15 is 0 Å². The Morgan fingerprint density at radius 3 is 2.50 bits per heavy atom. The number of aliphatic hydroxyl groups is 1. The summed E-state index contributed by atoms with van der Waals surface area (Å²) in [5, 5.41) is 11.7. The van der Waals surface area contributed by atoms with E-state index in [1.54, 1.807) is 53.4 Å². The first kappa shape index (κ1) is 23.9. The number of nitrogens with zero attached hydrogens (tertiary/aromatic N) is 1. The van der Waals surface area contributed by atoms with Crippen LogP contribution in [0.4, 0.5) is 0 Å². The van der Waals surface area contributed by atoms with Gasteiger partial charge < -0.3 is 14.7 Å². The van der Waals surface area contributed by atoms with Crippen LogP contribution in [-0.4, -0.2) is 34.8 Å². The third-order valence-electron chi connectivity index (χ3n) is 5.42. The zero-order valence-corrected chi connectivity index (χ0v) is 19.6. The summed E-state index contributed by atoms with van der Waals surface area (Å²) in [5.41, 5.74) is 1.27. The summed E-state index contributed by atoms with van der Waals surface area (Å²) < 4.78 is 5.77. The van der Waals surface area contributed by atoms with Gasteiger partial charge in [0.2, 0.25) is 0 Å². The summed E-state index contributed by atoms with van der Waals surface area (Å²) in [7, 11) is 0. The van der Waals surface area contributed by atoms with Crippen molar-refractivity contribution in [1.29, 1.82) is 0 Å². The highest BCUT2D eigenvalue weighted by Crippen LogP contribution is 2.40. The minimum atomic E-state index is -0.674. The Morgan fingerprint density at radius 1 is 1.12 bits per heavy atom. The first-order valence-corrected chi connectivity index (χ1v) is 11.5. The second-order valence-corrected chi connectivity index (χ2v) is 8.92. The Kier molecular flexibility index (Phi) is 7.97. The van der Waals surface area contributed by atoms with Crippen molar-refractivity contribution in [2.45, 2.75) is 46.1 Å². The van der Waals surface area contributed by atoms with E-state index in [1.807, 2.05) is 0 Å². The van der Waals surface area contributed by atoms with Gasteiger partial charge in [0.1, 0.15) is 11.5 Å². The number of rotatable bonds is 9. The van der Waals surface area contributed by atoms with Gasteiger partial charge >= 0.3 is 0 Å². The van der Waals surface area contributed by atoms with Crippen molar-refractivity contribution in [2.24, 2.45) is 5.92 Å². The number of halogens is 1. The van der Waals surface area contributed by atoms with E-state index in [4.69, 9.17) is 16.3 Å². The van der Waals surface area contributed by atoms with Crippen molar-refractivity contribution in [3.05, 3.63) is 70.3 Å². The molecule has 1 atom stereocenters. The largest absolute Gasteiger partial charge is 0.507 e. The zero-order chi connectivity index (χ0) is 23.3. The van der Waals surface area contributed by atoms with Crippen molar-refractivity contribution < 1.29 is 19.4 Å². The van der Waals surface area contributed by atoms with E-state index in [1.165, 1.54) is 0 Å². The Bertz CT molecular complexity index is 997. The van der Waals surface area contributed by atoms with Crippen LogP contribution in [0.2, 0.25) is 5.02 Å². The molecule has 6 heteroatoms. The molecule has 2 aromatic carbocycles. The number of carbonyl (C=O) groups excluding carboxylic acids is 2. The molecular weight excluding hydrogens is 426 g/mol. The maximum absolute atomic E-state index is 13.0. The number of hydrogen-bond acceptors (Lipinski definition) is 4. The van der Waals surface area contributed by atoms with Gasteiger partial charge in [0.25, 0.3) is 11.7 Å². The van der Waals surface area contributed by atoms with Crippen LogP contribution < -0.4 is 4.74 Å². The van der Waals surface area contributed by atoms with Crippen LogP contribution in [0.25, 0.3) is 5.76 Å². The van der Waals surface area contributed by atoms with Crippen LogP contribution in [0.5, 0.6) is 5.75 Å². The predicted molar refractivity (Wildman–Crippen MR) is 127 cm³/mol. The normalized spacial score (nSPS) is 17.9. The fraction of sp³-hybridized carbons (Fsp3) is 0.385. The molecule has 1 unspecified atom stereocenters. The second-order valence-electron chi connectivity index (χ2n) is 8.48. The molecule has 1 fully saturated rings. The van der Waals surface area contributed by atoms with Gasteiger partial charge in [0.15, 0.2) is 0 Å². The summed E-state index contributed by atoms with van der Waals surface area (Å²) in [5.74, 6) is -0.507. The number of amides is 1. The van der Waals surface area contributed by atoms with E-state index in [9.17, 15) is 14.7 Å². The predicted octanol–water partition coefficient (Wildman–Crippen LogP) is 5.99. The molecule has 1 aliphatic heterocycles. The lowest BCUT2D eigenvalue weighted by atomic mass is 9.95. The molecular formula is C26H30ClNO4. The fourth-order valence-corrected chi connectivity index (χ4v) is 3.91. The number of likely N-dealkylation sites (tertiary alicyclic amines) is 1. The number of hydrogen-bond donors (Lipinski definition) is 1. The lowest BCUT2D eigenvalue weighted by Gasteiger charge is -2.25. The molecule has 1 N–H and O–H groups in total. The van der Waals surface area contributed by atoms with Gasteiger partial charge in [-0.25, -0.2) is 0 Å². The van der Waals surface area contributed by atoms with Gasteiger partial charge in [-0.15, -0.1) is 0 Å². The molecule has 32 heavy (non-hydrogen) atoms. The third kappa shape index (κ3) is 5.33. The molecule has 0 aromatic heterocycles. The Labute approximate surface area is 194 Å². The molecule has 5 nitrogen and oxygen atoms in total. The molecule has 170 valence electrons. The number of benzene rings is 2. The van der Waals surface area contributed by atoms with Gasteiger partial charge in [-0.05, 0) is 42.2 Å². The number of Topliss-reactive ketones (excluding diaryl/α,β-unsaturated/α-hetero) is 1. The molecule has 0 aliphatic carbocycles. The number of ketones is 1. The van der Waals surface area contributed by atoms with E-state index in [2.05, 4.69) is 20.8 Å². The molecule has 1 aliphatic rings. The van der Waals surface area contributed by atoms with Crippen molar-refractivity contribution >= 4 is 29.1 Å². The highest BCUT2D eigenvalue weighted by molar-refractivity contribution is 6.46. The van der Waals surface area contributed by atoms with Crippen molar-refractivity contribution in [2.75, 3.05) is 13.2 Å². The molecule has 3 rings (SSSR count). The summed E-state index contributed by atoms with van der Waals surface area (Å²) in [6, 6.07) is 13.3. The van der Waals surface area contributed by atoms with E-state index in [0.717, 1.165) is 24.8 Å². The van der Waals surface area contributed by atoms with Crippen molar-refractivity contribution in [1.82, 2.24) is 4.90 Å². The molecule has 0 radical (unpaired) electrons. The first-order valence-electron chi connectivity index (χ1n) is 11.1. The van der Waals surface area contributed by atoms with Crippen LogP contribution in [0, 0.1) is 5.92 Å². The van der Waals surface area contributed by atoms with E-state index < -0.39 is 17.7 Å². The monoisotopic (exact) mass is 455 g/mol. The minimum Gasteiger partial charge on any atom is -0.507 e. The van der Waals surface area contributed by atoms with Crippen molar-refractivity contribution in [3.8, 4) is 5.75 Å². The molecule has 1 amide bonds. The second kappa shape index (κ2) is 10.7. The summed E-state index contributed by atoms with van der Waals surface area (Å²) in [4.78, 5) is 27.5. The average Bonchev–Trinajstić information content (AvgIpc) is 3.03. The van der Waals surface area contributed by atoms with Gasteiger partial charge in [-0.3, -0.25) is 9.59 Å². The molecule has 0 bridgehead atoms. The molecule has 0 saturated carbocycles.